The summed E-state index contributed by atoms with van der Waals surface area (Å²) in [4.78, 5) is 34.1. The van der Waals surface area contributed by atoms with Crippen molar-refractivity contribution in [3.63, 3.8) is 0 Å². The Morgan fingerprint density at radius 1 is 1.27 bits per heavy atom. The van der Waals surface area contributed by atoms with E-state index in [4.69, 9.17) is 5.26 Å². The number of nitrogens with zero attached hydrogens (tertiary/aromatic N) is 3. The molecule has 2 aromatic carbocycles. The van der Waals surface area contributed by atoms with Crippen LogP contribution >= 0.6 is 0 Å². The number of hydrogen-bond acceptors (Lipinski definition) is 5. The summed E-state index contributed by atoms with van der Waals surface area (Å²) in [6.45, 7) is 0.199. The zero-order valence-electron chi connectivity index (χ0n) is 13.2. The minimum Gasteiger partial charge on any atom is -0.477 e. The van der Waals surface area contributed by atoms with Crippen LogP contribution in [0, 0.1) is 21.4 Å². The van der Waals surface area contributed by atoms with Crippen molar-refractivity contribution in [2.75, 3.05) is 0 Å². The average molecular weight is 349 g/mol. The van der Waals surface area contributed by atoms with Crippen LogP contribution in [0.2, 0.25) is 0 Å². The van der Waals surface area contributed by atoms with Crippen LogP contribution in [-0.4, -0.2) is 20.6 Å². The Labute approximate surface area is 146 Å². The van der Waals surface area contributed by atoms with Crippen molar-refractivity contribution in [2.24, 2.45) is 0 Å². The van der Waals surface area contributed by atoms with Gasteiger partial charge in [-0.15, -0.1) is 0 Å². The minimum absolute atomic E-state index is 0.0458. The van der Waals surface area contributed by atoms with Crippen LogP contribution in [0.15, 0.2) is 53.5 Å². The predicted octanol–water partition coefficient (Wildman–Crippen LogP) is 2.53. The fraction of sp³-hybridized carbons (Fsp3) is 0.0556. The van der Waals surface area contributed by atoms with Crippen LogP contribution in [0.1, 0.15) is 21.5 Å². The third kappa shape index (κ3) is 3.01. The number of non-ortho nitro benzene ring substituents is 1. The van der Waals surface area contributed by atoms with Crippen LogP contribution in [-0.2, 0) is 6.54 Å². The van der Waals surface area contributed by atoms with Gasteiger partial charge >= 0.3 is 5.97 Å². The molecular formula is C18H11N3O5. The van der Waals surface area contributed by atoms with Crippen molar-refractivity contribution in [2.45, 2.75) is 6.54 Å². The number of carboxylic acids is 1. The fourth-order valence-corrected chi connectivity index (χ4v) is 2.72. The molecule has 0 saturated carbocycles. The highest BCUT2D eigenvalue weighted by atomic mass is 16.6. The first-order valence-electron chi connectivity index (χ1n) is 7.44. The second kappa shape index (κ2) is 6.49. The fourth-order valence-electron chi connectivity index (χ4n) is 2.72. The zero-order valence-corrected chi connectivity index (χ0v) is 13.2. The van der Waals surface area contributed by atoms with E-state index in [-0.39, 0.29) is 17.6 Å². The normalized spacial score (nSPS) is 10.4. The van der Waals surface area contributed by atoms with E-state index in [1.165, 1.54) is 22.9 Å². The molecule has 0 unspecified atom stereocenters. The van der Waals surface area contributed by atoms with Crippen LogP contribution in [0.25, 0.3) is 10.9 Å². The van der Waals surface area contributed by atoms with Gasteiger partial charge in [0.25, 0.3) is 5.69 Å². The molecule has 0 atom stereocenters. The Kier molecular flexibility index (Phi) is 4.21. The molecule has 26 heavy (non-hydrogen) atoms. The molecule has 0 amide bonds. The molecule has 0 aliphatic heterocycles. The maximum atomic E-state index is 12.4. The number of benzene rings is 2. The number of rotatable bonds is 4. The highest BCUT2D eigenvalue weighted by Crippen LogP contribution is 2.20. The van der Waals surface area contributed by atoms with E-state index in [2.05, 4.69) is 0 Å². The number of aromatic carboxylic acids is 1. The summed E-state index contributed by atoms with van der Waals surface area (Å²) in [5.41, 5.74) is -0.0126. The van der Waals surface area contributed by atoms with Crippen molar-refractivity contribution in [1.82, 2.24) is 4.57 Å². The van der Waals surface area contributed by atoms with E-state index in [0.29, 0.717) is 11.1 Å². The number of nitro benzene ring substituents is 1. The molecule has 8 nitrogen and oxygen atoms in total. The monoisotopic (exact) mass is 349 g/mol. The van der Waals surface area contributed by atoms with Crippen molar-refractivity contribution in [3.05, 3.63) is 85.7 Å². The third-order valence-electron chi connectivity index (χ3n) is 3.91. The van der Waals surface area contributed by atoms with Gasteiger partial charge in [-0.25, -0.2) is 4.79 Å². The number of carboxylic acid groups (broad SMARTS) is 1. The van der Waals surface area contributed by atoms with E-state index in [1.807, 2.05) is 6.07 Å². The first-order valence-corrected chi connectivity index (χ1v) is 7.44. The molecule has 0 bridgehead atoms. The second-order valence-electron chi connectivity index (χ2n) is 5.58. The summed E-state index contributed by atoms with van der Waals surface area (Å²) in [5.74, 6) is -1.41. The Bertz CT molecular complexity index is 1160. The Morgan fingerprint density at radius 3 is 2.69 bits per heavy atom. The lowest BCUT2D eigenvalue weighted by atomic mass is 10.1. The van der Waals surface area contributed by atoms with Crippen LogP contribution in [0.3, 0.4) is 0 Å². The molecule has 1 aromatic heterocycles. The second-order valence-corrected chi connectivity index (χ2v) is 5.58. The first-order chi connectivity index (χ1) is 12.4. The number of carbonyl (C=O) groups is 1. The van der Waals surface area contributed by atoms with Crippen LogP contribution in [0.4, 0.5) is 5.69 Å². The van der Waals surface area contributed by atoms with Gasteiger partial charge in [0.05, 0.1) is 27.5 Å². The SMILES string of the molecule is N#Cc1cccc(Cn2cc(C(=O)O)c(=O)c3cc([N+](=O)[O-])ccc32)c1. The standard InChI is InChI=1S/C18H11N3O5/c19-8-11-2-1-3-12(6-11)9-20-10-15(18(23)24)17(22)14-7-13(21(25)26)4-5-16(14)20/h1-7,10H,9H2,(H,23,24). The molecular weight excluding hydrogens is 338 g/mol. The van der Waals surface area contributed by atoms with E-state index in [0.717, 1.165) is 11.6 Å². The largest absolute Gasteiger partial charge is 0.477 e. The molecule has 0 aliphatic rings. The van der Waals surface area contributed by atoms with E-state index in [9.17, 15) is 24.8 Å². The molecule has 0 radical (unpaired) electrons. The summed E-state index contributed by atoms with van der Waals surface area (Å²) in [6.07, 6.45) is 1.21. The smallest absolute Gasteiger partial charge is 0.341 e. The van der Waals surface area contributed by atoms with Crippen LogP contribution < -0.4 is 5.43 Å². The quantitative estimate of drug-likeness (QED) is 0.569. The average Bonchev–Trinajstić information content (AvgIpc) is 2.63. The third-order valence-corrected chi connectivity index (χ3v) is 3.91. The number of pyridine rings is 1. The Hall–Kier alpha value is -3.99. The molecule has 3 aromatic rings. The number of nitriles is 1. The van der Waals surface area contributed by atoms with Gasteiger partial charge in [0, 0.05) is 24.9 Å². The first kappa shape index (κ1) is 16.9. The van der Waals surface area contributed by atoms with Crippen LogP contribution in [0.5, 0.6) is 0 Å². The van der Waals surface area contributed by atoms with Gasteiger partial charge < -0.3 is 9.67 Å². The van der Waals surface area contributed by atoms with E-state index >= 15 is 0 Å². The van der Waals surface area contributed by atoms with Crippen molar-refractivity contribution in [3.8, 4) is 6.07 Å². The molecule has 0 spiro atoms. The molecule has 1 heterocycles. The van der Waals surface area contributed by atoms with Gasteiger partial charge in [0.1, 0.15) is 5.56 Å². The predicted molar refractivity (Wildman–Crippen MR) is 92.1 cm³/mol. The highest BCUT2D eigenvalue weighted by Gasteiger charge is 2.17. The lowest BCUT2D eigenvalue weighted by molar-refractivity contribution is -0.384. The van der Waals surface area contributed by atoms with Gasteiger partial charge in [-0.3, -0.25) is 14.9 Å². The Balaban J connectivity index is 2.25. The summed E-state index contributed by atoms with van der Waals surface area (Å²) >= 11 is 0. The number of nitro groups is 1. The van der Waals surface area contributed by atoms with E-state index < -0.39 is 21.9 Å². The number of hydrogen-bond donors (Lipinski definition) is 1. The van der Waals surface area contributed by atoms with Gasteiger partial charge in [-0.2, -0.15) is 5.26 Å². The minimum atomic E-state index is -1.41. The Morgan fingerprint density at radius 2 is 2.04 bits per heavy atom. The van der Waals surface area contributed by atoms with Crippen molar-refractivity contribution in [1.29, 1.82) is 5.26 Å². The lowest BCUT2D eigenvalue weighted by Crippen LogP contribution is -2.19. The summed E-state index contributed by atoms with van der Waals surface area (Å²) in [6, 6.07) is 12.5. The molecule has 8 heteroatoms. The summed E-state index contributed by atoms with van der Waals surface area (Å²) in [5, 5.41) is 29.2. The van der Waals surface area contributed by atoms with Crippen molar-refractivity contribution < 1.29 is 14.8 Å². The number of fused-ring (bicyclic) bond motifs is 1. The maximum absolute atomic E-state index is 12.4. The lowest BCUT2D eigenvalue weighted by Gasteiger charge is -2.12. The van der Waals surface area contributed by atoms with Gasteiger partial charge in [0.15, 0.2) is 0 Å². The molecule has 0 saturated heterocycles. The molecule has 0 fully saturated rings. The topological polar surface area (TPSA) is 126 Å². The maximum Gasteiger partial charge on any atom is 0.341 e. The number of aromatic nitrogens is 1. The van der Waals surface area contributed by atoms with Gasteiger partial charge in [0.2, 0.25) is 5.43 Å². The summed E-state index contributed by atoms with van der Waals surface area (Å²) < 4.78 is 1.53. The highest BCUT2D eigenvalue weighted by molar-refractivity contribution is 5.93. The van der Waals surface area contributed by atoms with Crippen molar-refractivity contribution >= 4 is 22.6 Å². The van der Waals surface area contributed by atoms with Gasteiger partial charge in [-0.05, 0) is 23.8 Å². The summed E-state index contributed by atoms with van der Waals surface area (Å²) in [7, 11) is 0. The van der Waals surface area contributed by atoms with Gasteiger partial charge in [-0.1, -0.05) is 12.1 Å². The molecule has 0 aliphatic carbocycles. The zero-order chi connectivity index (χ0) is 18.8. The van der Waals surface area contributed by atoms with E-state index in [1.54, 1.807) is 24.3 Å². The molecule has 1 N–H and O–H groups in total. The molecule has 128 valence electrons. The molecule has 3 rings (SSSR count).